The summed E-state index contributed by atoms with van der Waals surface area (Å²) in [4.78, 5) is 7.04. The van der Waals surface area contributed by atoms with E-state index in [0.717, 1.165) is 12.5 Å². The third kappa shape index (κ3) is 3.09. The second kappa shape index (κ2) is 6.06. The summed E-state index contributed by atoms with van der Waals surface area (Å²) in [5.74, 6) is 1.08. The fraction of sp³-hybridized carbons (Fsp3) is 0.462. The van der Waals surface area contributed by atoms with E-state index >= 15 is 0 Å². The van der Waals surface area contributed by atoms with Crippen LogP contribution in [0.4, 0.5) is 0 Å². The van der Waals surface area contributed by atoms with Crippen LogP contribution in [0, 0.1) is 0 Å². The molecule has 3 heteroatoms. The molecule has 16 heavy (non-hydrogen) atoms. The molecule has 0 amide bonds. The minimum Gasteiger partial charge on any atom is -0.275 e. The smallest absolute Gasteiger partial charge is 0.101 e. The Bertz CT molecular complexity index is 348. The third-order valence-corrected chi connectivity index (χ3v) is 3.78. The third-order valence-electron chi connectivity index (χ3n) is 2.65. The molecule has 1 heterocycles. The van der Waals surface area contributed by atoms with Gasteiger partial charge in [-0.05, 0) is 6.42 Å². The highest BCUT2D eigenvalue weighted by Crippen LogP contribution is 2.19. The minimum atomic E-state index is 0.858. The molecule has 1 aliphatic rings. The van der Waals surface area contributed by atoms with Crippen molar-refractivity contribution in [1.82, 2.24) is 4.90 Å². The molecule has 0 bridgehead atoms. The Kier molecular flexibility index (Phi) is 4.43. The number of unbranched alkanes of at least 4 members (excludes halogenated alkanes) is 1. The molecule has 86 valence electrons. The average molecular weight is 234 g/mol. The van der Waals surface area contributed by atoms with Crippen molar-refractivity contribution in [2.75, 3.05) is 19.1 Å². The summed E-state index contributed by atoms with van der Waals surface area (Å²) in [6.07, 6.45) is 2.53. The number of hydrogen-bond donors (Lipinski definition) is 0. The van der Waals surface area contributed by atoms with Gasteiger partial charge in [0.1, 0.15) is 5.04 Å². The first kappa shape index (κ1) is 11.7. The van der Waals surface area contributed by atoms with Crippen LogP contribution in [-0.2, 0) is 0 Å². The maximum Gasteiger partial charge on any atom is 0.101 e. The Labute approximate surface area is 102 Å². The second-order valence-electron chi connectivity index (χ2n) is 3.99. The normalized spacial score (nSPS) is 17.2. The van der Waals surface area contributed by atoms with Crippen LogP contribution in [0.25, 0.3) is 0 Å². The van der Waals surface area contributed by atoms with Crippen molar-refractivity contribution in [3.63, 3.8) is 0 Å². The van der Waals surface area contributed by atoms with Gasteiger partial charge in [0.2, 0.25) is 0 Å². The highest BCUT2D eigenvalue weighted by molar-refractivity contribution is 8.14. The van der Waals surface area contributed by atoms with Gasteiger partial charge in [-0.25, -0.2) is 0 Å². The van der Waals surface area contributed by atoms with Gasteiger partial charge in [-0.1, -0.05) is 55.4 Å². The lowest BCUT2D eigenvalue weighted by atomic mass is 10.2. The van der Waals surface area contributed by atoms with Crippen molar-refractivity contribution in [3.8, 4) is 0 Å². The first-order chi connectivity index (χ1) is 7.90. The van der Waals surface area contributed by atoms with E-state index in [0.29, 0.717) is 0 Å². The number of nitrogens with zero attached hydrogens (tertiary/aromatic N) is 2. The monoisotopic (exact) mass is 234 g/mol. The summed E-state index contributed by atoms with van der Waals surface area (Å²) >= 11 is 1.85. The second-order valence-corrected chi connectivity index (χ2v) is 4.93. The molecule has 0 fully saturated rings. The van der Waals surface area contributed by atoms with Crippen molar-refractivity contribution >= 4 is 16.8 Å². The lowest BCUT2D eigenvalue weighted by Crippen LogP contribution is -2.29. The summed E-state index contributed by atoms with van der Waals surface area (Å²) in [6.45, 7) is 4.27. The first-order valence-corrected chi connectivity index (χ1v) is 6.83. The minimum absolute atomic E-state index is 0.858. The highest BCUT2D eigenvalue weighted by atomic mass is 32.2. The summed E-state index contributed by atoms with van der Waals surface area (Å²) in [6, 6.07) is 10.5. The number of hydrogen-bond acceptors (Lipinski definition) is 3. The molecule has 0 aliphatic carbocycles. The predicted octanol–water partition coefficient (Wildman–Crippen LogP) is 3.20. The molecule has 2 rings (SSSR count). The molecule has 0 saturated heterocycles. The van der Waals surface area contributed by atoms with Crippen LogP contribution in [-0.4, -0.2) is 29.0 Å². The molecule has 0 saturated carbocycles. The molecule has 0 atom stereocenters. The van der Waals surface area contributed by atoms with Crippen LogP contribution in [0.5, 0.6) is 0 Å². The highest BCUT2D eigenvalue weighted by Gasteiger charge is 2.13. The van der Waals surface area contributed by atoms with Crippen LogP contribution in [0.1, 0.15) is 25.3 Å². The molecule has 1 aliphatic heterocycles. The van der Waals surface area contributed by atoms with Gasteiger partial charge >= 0.3 is 0 Å². The van der Waals surface area contributed by atoms with Gasteiger partial charge in [-0.3, -0.25) is 9.89 Å². The molecule has 2 nitrogen and oxygen atoms in total. The SMILES string of the molecule is CCCCN1CN=C(c2ccccc2)SC1. The van der Waals surface area contributed by atoms with Crippen LogP contribution >= 0.6 is 11.8 Å². The number of rotatable bonds is 4. The average Bonchev–Trinajstić information content (AvgIpc) is 2.38. The van der Waals surface area contributed by atoms with Gasteiger partial charge in [0, 0.05) is 12.1 Å². The fourth-order valence-corrected chi connectivity index (χ4v) is 2.64. The quantitative estimate of drug-likeness (QED) is 0.795. The Morgan fingerprint density at radius 1 is 1.31 bits per heavy atom. The molecule has 0 spiro atoms. The van der Waals surface area contributed by atoms with Crippen molar-refractivity contribution in [3.05, 3.63) is 35.9 Å². The summed E-state index contributed by atoms with van der Waals surface area (Å²) < 4.78 is 0. The fourth-order valence-electron chi connectivity index (χ4n) is 1.68. The van der Waals surface area contributed by atoms with Gasteiger partial charge in [0.25, 0.3) is 0 Å². The maximum absolute atomic E-state index is 4.64. The molecule has 0 unspecified atom stereocenters. The molecule has 0 aromatic heterocycles. The number of aliphatic imine (C=N–C) groups is 1. The van der Waals surface area contributed by atoms with Crippen molar-refractivity contribution < 1.29 is 0 Å². The van der Waals surface area contributed by atoms with Gasteiger partial charge in [0.15, 0.2) is 0 Å². The molecular weight excluding hydrogens is 216 g/mol. The largest absolute Gasteiger partial charge is 0.275 e. The molecule has 1 aromatic carbocycles. The molecular formula is C13H18N2S. The van der Waals surface area contributed by atoms with Crippen LogP contribution in [0.15, 0.2) is 35.3 Å². The Hall–Kier alpha value is -0.800. The Morgan fingerprint density at radius 3 is 2.75 bits per heavy atom. The Morgan fingerprint density at radius 2 is 2.12 bits per heavy atom. The topological polar surface area (TPSA) is 15.6 Å². The van der Waals surface area contributed by atoms with Crippen molar-refractivity contribution in [1.29, 1.82) is 0 Å². The summed E-state index contributed by atoms with van der Waals surface area (Å²) in [5, 5.41) is 1.19. The zero-order valence-corrected chi connectivity index (χ0v) is 10.5. The molecule has 1 aromatic rings. The van der Waals surface area contributed by atoms with E-state index in [1.165, 1.54) is 30.0 Å². The predicted molar refractivity (Wildman–Crippen MR) is 71.9 cm³/mol. The van der Waals surface area contributed by atoms with Crippen molar-refractivity contribution in [2.24, 2.45) is 4.99 Å². The Balaban J connectivity index is 1.93. The van der Waals surface area contributed by atoms with Crippen molar-refractivity contribution in [2.45, 2.75) is 19.8 Å². The standard InChI is InChI=1S/C13H18N2S/c1-2-3-9-15-10-14-13(16-11-15)12-7-5-4-6-8-12/h4-8H,2-3,9-11H2,1H3. The van der Waals surface area contributed by atoms with E-state index in [-0.39, 0.29) is 0 Å². The van der Waals surface area contributed by atoms with Crippen LogP contribution in [0.2, 0.25) is 0 Å². The van der Waals surface area contributed by atoms with E-state index in [4.69, 9.17) is 0 Å². The van der Waals surface area contributed by atoms with E-state index < -0.39 is 0 Å². The van der Waals surface area contributed by atoms with E-state index in [1.807, 2.05) is 17.8 Å². The summed E-state index contributed by atoms with van der Waals surface area (Å²) in [7, 11) is 0. The lowest BCUT2D eigenvalue weighted by Gasteiger charge is -2.24. The zero-order chi connectivity index (χ0) is 11.2. The number of thioether (sulfide) groups is 1. The van der Waals surface area contributed by atoms with Crippen LogP contribution in [0.3, 0.4) is 0 Å². The van der Waals surface area contributed by atoms with Gasteiger partial charge in [-0.2, -0.15) is 0 Å². The van der Waals surface area contributed by atoms with E-state index in [9.17, 15) is 0 Å². The molecule has 0 radical (unpaired) electrons. The van der Waals surface area contributed by atoms with Gasteiger partial charge in [0.05, 0.1) is 12.5 Å². The van der Waals surface area contributed by atoms with Gasteiger partial charge in [-0.15, -0.1) is 0 Å². The van der Waals surface area contributed by atoms with E-state index in [1.54, 1.807) is 0 Å². The van der Waals surface area contributed by atoms with Crippen LogP contribution < -0.4 is 0 Å². The first-order valence-electron chi connectivity index (χ1n) is 5.85. The summed E-state index contributed by atoms with van der Waals surface area (Å²) in [5.41, 5.74) is 1.25. The molecule has 0 N–H and O–H groups in total. The van der Waals surface area contributed by atoms with E-state index in [2.05, 4.69) is 41.1 Å². The zero-order valence-electron chi connectivity index (χ0n) is 9.72. The lowest BCUT2D eigenvalue weighted by molar-refractivity contribution is 0.324. The maximum atomic E-state index is 4.64. The van der Waals surface area contributed by atoms with Gasteiger partial charge < -0.3 is 0 Å². The number of benzene rings is 1.